The molecule has 6 nitrogen and oxygen atoms in total. The molecule has 1 amide bonds. The number of nitrogens with one attached hydrogen (secondary N) is 1. The highest BCUT2D eigenvalue weighted by molar-refractivity contribution is 5.94. The summed E-state index contributed by atoms with van der Waals surface area (Å²) in [5.41, 5.74) is 1.01. The molecule has 0 heterocycles. The van der Waals surface area contributed by atoms with Crippen molar-refractivity contribution in [3.05, 3.63) is 23.8 Å². The third-order valence-corrected chi connectivity index (χ3v) is 3.19. The molecule has 0 saturated carbocycles. The van der Waals surface area contributed by atoms with Crippen molar-refractivity contribution in [2.24, 2.45) is 0 Å². The molecule has 0 saturated heterocycles. The van der Waals surface area contributed by atoms with Gasteiger partial charge in [0.05, 0.1) is 20.8 Å². The summed E-state index contributed by atoms with van der Waals surface area (Å²) in [6.45, 7) is 4.38. The maximum atomic E-state index is 11.6. The van der Waals surface area contributed by atoms with Crippen molar-refractivity contribution in [2.45, 2.75) is 26.2 Å². The van der Waals surface area contributed by atoms with Crippen molar-refractivity contribution in [2.75, 3.05) is 27.4 Å². The summed E-state index contributed by atoms with van der Waals surface area (Å²) in [6, 6.07) is 5.62. The van der Waals surface area contributed by atoms with Crippen molar-refractivity contribution in [3.8, 4) is 11.5 Å². The Hall–Kier alpha value is -2.24. The largest absolute Gasteiger partial charge is 0.493 e. The summed E-state index contributed by atoms with van der Waals surface area (Å²) < 4.78 is 15.2. The highest BCUT2D eigenvalue weighted by Gasteiger charge is 2.13. The Bertz CT molecular complexity index is 515. The Labute approximate surface area is 130 Å². The third-order valence-electron chi connectivity index (χ3n) is 3.19. The highest BCUT2D eigenvalue weighted by Crippen LogP contribution is 2.30. The number of rotatable bonds is 8. The van der Waals surface area contributed by atoms with Crippen LogP contribution >= 0.6 is 0 Å². The first-order valence-corrected chi connectivity index (χ1v) is 7.16. The molecule has 0 bridgehead atoms. The molecular formula is C16H23NO5. The van der Waals surface area contributed by atoms with Crippen LogP contribution in [0.3, 0.4) is 0 Å². The fourth-order valence-electron chi connectivity index (χ4n) is 1.95. The van der Waals surface area contributed by atoms with Gasteiger partial charge in [0.1, 0.15) is 6.42 Å². The lowest BCUT2D eigenvalue weighted by atomic mass is 10.0. The summed E-state index contributed by atoms with van der Waals surface area (Å²) in [5, 5.41) is 2.72. The average Bonchev–Trinajstić information content (AvgIpc) is 2.52. The van der Waals surface area contributed by atoms with E-state index >= 15 is 0 Å². The quantitative estimate of drug-likeness (QED) is 0.586. The average molecular weight is 309 g/mol. The molecule has 0 aliphatic rings. The second kappa shape index (κ2) is 8.92. The lowest BCUT2D eigenvalue weighted by molar-refractivity contribution is -0.145. The smallest absolute Gasteiger partial charge is 0.315 e. The van der Waals surface area contributed by atoms with Gasteiger partial charge >= 0.3 is 5.97 Å². The van der Waals surface area contributed by atoms with Gasteiger partial charge in [0.25, 0.3) is 0 Å². The number of benzene rings is 1. The van der Waals surface area contributed by atoms with Gasteiger partial charge in [-0.25, -0.2) is 0 Å². The fraction of sp³-hybridized carbons (Fsp3) is 0.500. The summed E-state index contributed by atoms with van der Waals surface area (Å²) in [6.07, 6.45) is -0.257. The molecule has 0 aliphatic heterocycles. The Morgan fingerprint density at radius 1 is 1.18 bits per heavy atom. The molecule has 22 heavy (non-hydrogen) atoms. The second-order valence-electron chi connectivity index (χ2n) is 4.80. The van der Waals surface area contributed by atoms with Crippen LogP contribution in [-0.4, -0.2) is 39.2 Å². The fourth-order valence-corrected chi connectivity index (χ4v) is 1.95. The molecular weight excluding hydrogens is 286 g/mol. The lowest BCUT2D eigenvalue weighted by Gasteiger charge is -2.15. The van der Waals surface area contributed by atoms with Crippen LogP contribution in [0, 0.1) is 0 Å². The zero-order valence-corrected chi connectivity index (χ0v) is 13.5. The molecule has 1 aromatic rings. The molecule has 122 valence electrons. The van der Waals surface area contributed by atoms with Crippen LogP contribution in [0.1, 0.15) is 31.7 Å². The number of amides is 1. The lowest BCUT2D eigenvalue weighted by Crippen LogP contribution is -2.29. The minimum Gasteiger partial charge on any atom is -0.493 e. The molecule has 1 rings (SSSR count). The van der Waals surface area contributed by atoms with Crippen LogP contribution in [0.4, 0.5) is 0 Å². The predicted octanol–water partition coefficient (Wildman–Crippen LogP) is 1.88. The predicted molar refractivity (Wildman–Crippen MR) is 82.2 cm³/mol. The van der Waals surface area contributed by atoms with Gasteiger partial charge in [0, 0.05) is 6.54 Å². The number of hydrogen-bond donors (Lipinski definition) is 1. The molecule has 0 aromatic heterocycles. The summed E-state index contributed by atoms with van der Waals surface area (Å²) >= 11 is 0. The van der Waals surface area contributed by atoms with Gasteiger partial charge in [-0.3, -0.25) is 9.59 Å². The monoisotopic (exact) mass is 309 g/mol. The van der Waals surface area contributed by atoms with E-state index in [1.807, 2.05) is 25.1 Å². The molecule has 1 aromatic carbocycles. The highest BCUT2D eigenvalue weighted by atomic mass is 16.5. The Balaban J connectivity index is 2.56. The van der Waals surface area contributed by atoms with Crippen LogP contribution in [0.5, 0.6) is 11.5 Å². The van der Waals surface area contributed by atoms with Crippen molar-refractivity contribution in [1.82, 2.24) is 5.32 Å². The van der Waals surface area contributed by atoms with Crippen LogP contribution < -0.4 is 14.8 Å². The molecule has 6 heteroatoms. The number of ether oxygens (including phenoxy) is 3. The zero-order chi connectivity index (χ0) is 16.5. The number of esters is 1. The maximum Gasteiger partial charge on any atom is 0.315 e. The first-order chi connectivity index (χ1) is 10.5. The van der Waals surface area contributed by atoms with Crippen LogP contribution in [-0.2, 0) is 14.3 Å². The maximum absolute atomic E-state index is 11.6. The van der Waals surface area contributed by atoms with Crippen LogP contribution in [0.15, 0.2) is 18.2 Å². The number of hydrogen-bond acceptors (Lipinski definition) is 5. The Morgan fingerprint density at radius 2 is 1.86 bits per heavy atom. The molecule has 0 radical (unpaired) electrons. The van der Waals surface area contributed by atoms with Gasteiger partial charge in [-0.1, -0.05) is 13.0 Å². The standard InChI is InChI=1S/C16H23NO5/c1-5-22-16(19)9-15(18)17-10-11(2)12-6-7-13(20-3)14(8-12)21-4/h6-8,11H,5,9-10H2,1-4H3,(H,17,18). The van der Waals surface area contributed by atoms with Crippen LogP contribution in [0.25, 0.3) is 0 Å². The first kappa shape index (κ1) is 17.8. The molecule has 1 atom stereocenters. The molecule has 0 aliphatic carbocycles. The van der Waals surface area contributed by atoms with E-state index in [2.05, 4.69) is 5.32 Å². The van der Waals surface area contributed by atoms with E-state index in [1.165, 1.54) is 0 Å². The van der Waals surface area contributed by atoms with Crippen molar-refractivity contribution < 1.29 is 23.8 Å². The SMILES string of the molecule is CCOC(=O)CC(=O)NCC(C)c1ccc(OC)c(OC)c1. The molecule has 0 fully saturated rings. The number of methoxy groups -OCH3 is 2. The summed E-state index contributed by atoms with van der Waals surface area (Å²) in [4.78, 5) is 22.8. The van der Waals surface area contributed by atoms with E-state index in [1.54, 1.807) is 21.1 Å². The zero-order valence-electron chi connectivity index (χ0n) is 13.5. The van der Waals surface area contributed by atoms with Gasteiger partial charge in [0.2, 0.25) is 5.91 Å². The molecule has 1 N–H and O–H groups in total. The van der Waals surface area contributed by atoms with Gasteiger partial charge < -0.3 is 19.5 Å². The first-order valence-electron chi connectivity index (χ1n) is 7.16. The Morgan fingerprint density at radius 3 is 2.45 bits per heavy atom. The summed E-state index contributed by atoms with van der Waals surface area (Å²) in [5.74, 6) is 0.519. The van der Waals surface area contributed by atoms with E-state index in [0.29, 0.717) is 18.0 Å². The Kier molecular flexibility index (Phi) is 7.22. The minimum atomic E-state index is -0.515. The van der Waals surface area contributed by atoms with Gasteiger partial charge in [0.15, 0.2) is 11.5 Å². The van der Waals surface area contributed by atoms with E-state index in [4.69, 9.17) is 14.2 Å². The minimum absolute atomic E-state index is 0.0750. The number of carbonyl (C=O) groups is 2. The van der Waals surface area contributed by atoms with Crippen molar-refractivity contribution in [1.29, 1.82) is 0 Å². The topological polar surface area (TPSA) is 73.9 Å². The van der Waals surface area contributed by atoms with E-state index < -0.39 is 5.97 Å². The normalized spacial score (nSPS) is 11.5. The van der Waals surface area contributed by atoms with Crippen molar-refractivity contribution in [3.63, 3.8) is 0 Å². The molecule has 0 spiro atoms. The molecule has 1 unspecified atom stereocenters. The second-order valence-corrected chi connectivity index (χ2v) is 4.80. The van der Waals surface area contributed by atoms with Crippen LogP contribution in [0.2, 0.25) is 0 Å². The van der Waals surface area contributed by atoms with E-state index in [9.17, 15) is 9.59 Å². The third kappa shape index (κ3) is 5.27. The van der Waals surface area contributed by atoms with E-state index in [-0.39, 0.29) is 24.9 Å². The van der Waals surface area contributed by atoms with E-state index in [0.717, 1.165) is 5.56 Å². The van der Waals surface area contributed by atoms with Gasteiger partial charge in [-0.05, 0) is 30.5 Å². The van der Waals surface area contributed by atoms with Crippen molar-refractivity contribution >= 4 is 11.9 Å². The summed E-state index contributed by atoms with van der Waals surface area (Å²) in [7, 11) is 3.16. The van der Waals surface area contributed by atoms with Gasteiger partial charge in [-0.2, -0.15) is 0 Å². The van der Waals surface area contributed by atoms with Gasteiger partial charge in [-0.15, -0.1) is 0 Å². The number of carbonyl (C=O) groups excluding carboxylic acids is 2.